The molecule has 1 aromatic carbocycles. The molecular weight excluding hydrogens is 345 g/mol. The standard InChI is InChI=1S/C23H31ClFN/c1-2-3-4-16-5-7-17(8-6-16)18-9-11-19(12-10-18)20-13-22(24)21(15-26)23(25)14-20/h13-14,16-19H,2-12H2,1H3. The van der Waals surface area contributed by atoms with Crippen molar-refractivity contribution in [1.29, 1.82) is 5.26 Å². The van der Waals surface area contributed by atoms with Gasteiger partial charge in [-0.1, -0.05) is 50.6 Å². The van der Waals surface area contributed by atoms with Crippen molar-refractivity contribution in [2.24, 2.45) is 17.8 Å². The second kappa shape index (κ2) is 9.23. The van der Waals surface area contributed by atoms with Gasteiger partial charge in [0.25, 0.3) is 0 Å². The topological polar surface area (TPSA) is 23.8 Å². The molecule has 0 saturated heterocycles. The van der Waals surface area contributed by atoms with E-state index in [-0.39, 0.29) is 10.6 Å². The molecule has 0 spiro atoms. The first-order chi connectivity index (χ1) is 12.6. The Morgan fingerprint density at radius 2 is 1.65 bits per heavy atom. The van der Waals surface area contributed by atoms with Crippen LogP contribution in [0.15, 0.2) is 12.1 Å². The summed E-state index contributed by atoms with van der Waals surface area (Å²) >= 11 is 6.09. The molecule has 0 aliphatic heterocycles. The second-order valence-corrected chi connectivity index (χ2v) is 8.91. The highest BCUT2D eigenvalue weighted by atomic mass is 35.5. The second-order valence-electron chi connectivity index (χ2n) is 8.51. The van der Waals surface area contributed by atoms with Crippen LogP contribution in [0.5, 0.6) is 0 Å². The summed E-state index contributed by atoms with van der Waals surface area (Å²) in [4.78, 5) is 0. The number of hydrogen-bond acceptors (Lipinski definition) is 1. The predicted molar refractivity (Wildman–Crippen MR) is 106 cm³/mol. The third-order valence-electron chi connectivity index (χ3n) is 6.94. The fraction of sp³-hybridized carbons (Fsp3) is 0.696. The predicted octanol–water partition coefficient (Wildman–Crippen LogP) is 7.62. The third-order valence-corrected chi connectivity index (χ3v) is 7.24. The molecular formula is C23H31ClFN. The van der Waals surface area contributed by atoms with E-state index in [9.17, 15) is 4.39 Å². The van der Waals surface area contributed by atoms with E-state index < -0.39 is 5.82 Å². The molecule has 0 bridgehead atoms. The molecule has 3 rings (SSSR count). The molecule has 2 fully saturated rings. The Labute approximate surface area is 162 Å². The van der Waals surface area contributed by atoms with Crippen LogP contribution in [0, 0.1) is 34.9 Å². The first-order valence-electron chi connectivity index (χ1n) is 10.5. The van der Waals surface area contributed by atoms with Gasteiger partial charge in [-0.2, -0.15) is 5.26 Å². The van der Waals surface area contributed by atoms with Crippen LogP contribution >= 0.6 is 11.6 Å². The molecule has 3 heteroatoms. The van der Waals surface area contributed by atoms with Gasteiger partial charge in [0.15, 0.2) is 0 Å². The number of hydrogen-bond donors (Lipinski definition) is 0. The van der Waals surface area contributed by atoms with Gasteiger partial charge < -0.3 is 0 Å². The molecule has 0 amide bonds. The van der Waals surface area contributed by atoms with Gasteiger partial charge in [-0.05, 0) is 79.9 Å². The first kappa shape index (κ1) is 19.7. The molecule has 2 aliphatic carbocycles. The van der Waals surface area contributed by atoms with Crippen molar-refractivity contribution in [3.63, 3.8) is 0 Å². The maximum absolute atomic E-state index is 14.1. The Kier molecular flexibility index (Phi) is 6.98. The van der Waals surface area contributed by atoms with Gasteiger partial charge in [-0.25, -0.2) is 4.39 Å². The summed E-state index contributed by atoms with van der Waals surface area (Å²) in [5.41, 5.74) is 0.956. The van der Waals surface area contributed by atoms with Gasteiger partial charge in [0.05, 0.1) is 5.02 Å². The maximum atomic E-state index is 14.1. The van der Waals surface area contributed by atoms with Crippen molar-refractivity contribution in [2.45, 2.75) is 83.5 Å². The average Bonchev–Trinajstić information content (AvgIpc) is 2.67. The number of halogens is 2. The number of benzene rings is 1. The third kappa shape index (κ3) is 4.61. The van der Waals surface area contributed by atoms with E-state index in [1.807, 2.05) is 12.1 Å². The summed E-state index contributed by atoms with van der Waals surface area (Å²) in [6.07, 6.45) is 14.6. The highest BCUT2D eigenvalue weighted by molar-refractivity contribution is 6.31. The summed E-state index contributed by atoms with van der Waals surface area (Å²) in [5.74, 6) is 2.67. The molecule has 0 heterocycles. The summed E-state index contributed by atoms with van der Waals surface area (Å²) in [6.45, 7) is 2.29. The minimum atomic E-state index is -0.470. The molecule has 0 atom stereocenters. The molecule has 2 saturated carbocycles. The SMILES string of the molecule is CCCCC1CCC(C2CCC(c3cc(F)c(C#N)c(Cl)c3)CC2)CC1. The first-order valence-corrected chi connectivity index (χ1v) is 10.9. The Bertz CT molecular complexity index is 611. The lowest BCUT2D eigenvalue weighted by molar-refractivity contribution is 0.156. The van der Waals surface area contributed by atoms with Crippen molar-refractivity contribution in [3.8, 4) is 6.07 Å². The monoisotopic (exact) mass is 375 g/mol. The van der Waals surface area contributed by atoms with Crippen molar-refractivity contribution in [1.82, 2.24) is 0 Å². The van der Waals surface area contributed by atoms with Crippen molar-refractivity contribution in [3.05, 3.63) is 34.1 Å². The fourth-order valence-electron chi connectivity index (χ4n) is 5.30. The summed E-state index contributed by atoms with van der Waals surface area (Å²) < 4.78 is 14.1. The molecule has 1 nitrogen and oxygen atoms in total. The van der Waals surface area contributed by atoms with Gasteiger partial charge in [0, 0.05) is 0 Å². The quantitative estimate of drug-likeness (QED) is 0.519. The molecule has 142 valence electrons. The molecule has 0 N–H and O–H groups in total. The number of nitrogens with zero attached hydrogens (tertiary/aromatic N) is 1. The molecule has 26 heavy (non-hydrogen) atoms. The van der Waals surface area contributed by atoms with E-state index in [1.165, 1.54) is 63.9 Å². The summed E-state index contributed by atoms with van der Waals surface area (Å²) in [6, 6.07) is 5.20. The normalized spacial score (nSPS) is 29.3. The number of nitriles is 1. The summed E-state index contributed by atoms with van der Waals surface area (Å²) in [7, 11) is 0. The molecule has 0 radical (unpaired) electrons. The van der Waals surface area contributed by atoms with Crippen LogP contribution < -0.4 is 0 Å². The van der Waals surface area contributed by atoms with E-state index in [0.29, 0.717) is 5.92 Å². The minimum Gasteiger partial charge on any atom is -0.205 e. The minimum absolute atomic E-state index is 0.0241. The Balaban J connectivity index is 1.52. The highest BCUT2D eigenvalue weighted by Crippen LogP contribution is 2.45. The van der Waals surface area contributed by atoms with Crippen LogP contribution in [0.25, 0.3) is 0 Å². The van der Waals surface area contributed by atoms with Crippen LogP contribution in [0.2, 0.25) is 5.02 Å². The van der Waals surface area contributed by atoms with E-state index in [2.05, 4.69) is 6.92 Å². The molecule has 1 aromatic rings. The lowest BCUT2D eigenvalue weighted by Gasteiger charge is -2.38. The van der Waals surface area contributed by atoms with E-state index in [1.54, 1.807) is 0 Å². The Morgan fingerprint density at radius 1 is 1.04 bits per heavy atom. The molecule has 2 aliphatic rings. The zero-order chi connectivity index (χ0) is 18.5. The van der Waals surface area contributed by atoms with Gasteiger partial charge >= 0.3 is 0 Å². The van der Waals surface area contributed by atoms with E-state index in [0.717, 1.165) is 36.2 Å². The largest absolute Gasteiger partial charge is 0.205 e. The lowest BCUT2D eigenvalue weighted by atomic mass is 9.68. The van der Waals surface area contributed by atoms with Crippen LogP contribution in [-0.2, 0) is 0 Å². The Morgan fingerprint density at radius 3 is 2.19 bits per heavy atom. The smallest absolute Gasteiger partial charge is 0.142 e. The number of rotatable bonds is 5. The van der Waals surface area contributed by atoms with Crippen molar-refractivity contribution >= 4 is 11.6 Å². The zero-order valence-corrected chi connectivity index (χ0v) is 16.7. The maximum Gasteiger partial charge on any atom is 0.142 e. The lowest BCUT2D eigenvalue weighted by Crippen LogP contribution is -2.25. The molecule has 0 aromatic heterocycles. The number of unbranched alkanes of at least 4 members (excludes halogenated alkanes) is 1. The average molecular weight is 376 g/mol. The summed E-state index contributed by atoms with van der Waals surface area (Å²) in [5, 5.41) is 9.23. The van der Waals surface area contributed by atoms with E-state index >= 15 is 0 Å². The van der Waals surface area contributed by atoms with Crippen LogP contribution in [0.1, 0.15) is 94.6 Å². The van der Waals surface area contributed by atoms with Crippen LogP contribution in [0.4, 0.5) is 4.39 Å². The van der Waals surface area contributed by atoms with Crippen molar-refractivity contribution in [2.75, 3.05) is 0 Å². The van der Waals surface area contributed by atoms with Gasteiger partial charge in [-0.3, -0.25) is 0 Å². The van der Waals surface area contributed by atoms with Gasteiger partial charge in [0.1, 0.15) is 17.4 Å². The van der Waals surface area contributed by atoms with E-state index in [4.69, 9.17) is 16.9 Å². The zero-order valence-electron chi connectivity index (χ0n) is 15.9. The van der Waals surface area contributed by atoms with Gasteiger partial charge in [0.2, 0.25) is 0 Å². The Hall–Kier alpha value is -1.07. The highest BCUT2D eigenvalue weighted by Gasteiger charge is 2.31. The molecule has 0 unspecified atom stereocenters. The van der Waals surface area contributed by atoms with Crippen LogP contribution in [0.3, 0.4) is 0 Å². The van der Waals surface area contributed by atoms with Crippen LogP contribution in [-0.4, -0.2) is 0 Å². The fourth-order valence-corrected chi connectivity index (χ4v) is 5.56. The van der Waals surface area contributed by atoms with Crippen molar-refractivity contribution < 1.29 is 4.39 Å². The van der Waals surface area contributed by atoms with Gasteiger partial charge in [-0.15, -0.1) is 0 Å².